The van der Waals surface area contributed by atoms with Gasteiger partial charge in [-0.1, -0.05) is 96.5 Å². The van der Waals surface area contributed by atoms with Crippen LogP contribution in [0, 0.1) is 69.5 Å². The van der Waals surface area contributed by atoms with Crippen molar-refractivity contribution in [2.45, 2.75) is 245 Å². The van der Waals surface area contributed by atoms with Gasteiger partial charge in [0, 0.05) is 143 Å². The van der Waals surface area contributed by atoms with Crippen LogP contribution in [0.25, 0.3) is 10.9 Å². The lowest BCUT2D eigenvalue weighted by molar-refractivity contribution is -0.198. The van der Waals surface area contributed by atoms with Crippen LogP contribution >= 0.6 is 11.8 Å². The number of thioether (sulfide) groups is 1. The summed E-state index contributed by atoms with van der Waals surface area (Å²) >= 11 is 1.39. The Morgan fingerprint density at radius 2 is 0.978 bits per heavy atom. The number of carboxylic acid groups (broad SMARTS) is 1. The maximum Gasteiger partial charge on any atom is 0.335 e. The van der Waals surface area contributed by atoms with Gasteiger partial charge in [-0.2, -0.15) is 11.8 Å². The number of Topliss-reactive ketones (excluding diaryl/α,β-unsaturated/α-hetero) is 7. The Morgan fingerprint density at radius 3 is 1.54 bits per heavy atom. The Kier molecular flexibility index (Phi) is 54.4. The van der Waals surface area contributed by atoms with E-state index in [1.807, 2.05) is 13.8 Å². The minimum absolute atomic E-state index is 0.00966. The first-order chi connectivity index (χ1) is 65.5. The van der Waals surface area contributed by atoms with Gasteiger partial charge in [0.2, 0.25) is 41.4 Å². The average Bonchev–Trinajstić information content (AvgIpc) is 1.53. The zero-order valence-electron chi connectivity index (χ0n) is 80.2. The molecule has 766 valence electrons. The van der Waals surface area contributed by atoms with Crippen molar-refractivity contribution in [3.8, 4) is 0 Å². The lowest BCUT2D eigenvalue weighted by Gasteiger charge is -2.29. The summed E-state index contributed by atoms with van der Waals surface area (Å²) in [5, 5.41) is 80.1. The molecule has 14 atom stereocenters. The van der Waals surface area contributed by atoms with E-state index in [1.165, 1.54) is 18.7 Å². The highest BCUT2D eigenvalue weighted by molar-refractivity contribution is 7.98. The fraction of sp³-hybridized carbons (Fsp3) is 0.628. The number of ketones is 7. The molecule has 138 heavy (non-hydrogen) atoms. The standard InChI is InChI=1S/C94H144N18O25S/c1-9-56(6)67(91(133)110-73(51-83(125)126)77(119)48-63(53-113)89(131)109-72(44-62-52-105-68-22-14-13-21-65(62)68)75(117)45-59(86(95)128)20-15-32-102-92(96)97)50-79(121)85(57(7)114)111-90(132)66(55(4)5)49-78(120)70(24-17-34-104-94(100)101)107-88(130)61(43-58-18-11-10-12-19-58)47-76(118)71(42-54(2)3)108-87(129)60(31-41-138-8)46-74(116)69(23-16-33-103-93(98)99)106-80(122)26-25-64(115)29-35-134-37-39-136-40-38-135-36-30-84(127)137-112-81(123)27-28-82(112)124/h10-14,18-19,21-22,52,54-57,59-61,63,66-67,69-73,85,105,113-114H,9,15-17,20,23-51,53H2,1-8H3,(H2,95,128)(H,106,122)(H,107,130)(H,108,129)(H,109,131)(H,110,133)(H,111,132)(H,125,126)(H4,96,97,102)(H4,98,99,103)(H4,100,101,104)/t56-,57+,59+,60+,61+,63-,66-,67-,69-,70-,71-,72-,73-,85-/m0/s1. The number of benzene rings is 2. The molecule has 0 spiro atoms. The molecule has 2 heterocycles. The van der Waals surface area contributed by atoms with E-state index in [2.05, 4.69) is 52.8 Å². The van der Waals surface area contributed by atoms with Gasteiger partial charge in [-0.15, -0.1) is 5.06 Å². The predicted octanol–water partition coefficient (Wildman–Crippen LogP) is 1.73. The van der Waals surface area contributed by atoms with Gasteiger partial charge in [0.1, 0.15) is 11.8 Å². The molecule has 1 aliphatic heterocycles. The summed E-state index contributed by atoms with van der Waals surface area (Å²) < 4.78 is 16.3. The minimum atomic E-state index is -1.88. The summed E-state index contributed by atoms with van der Waals surface area (Å²) in [5.41, 5.74) is 24.1. The number of aliphatic carboxylic acids is 1. The molecule has 1 aromatic heterocycles. The van der Waals surface area contributed by atoms with Crippen LogP contribution in [0.2, 0.25) is 0 Å². The maximum atomic E-state index is 15.2. The smallest absolute Gasteiger partial charge is 0.335 e. The normalized spacial score (nSPS) is 15.0. The van der Waals surface area contributed by atoms with Gasteiger partial charge >= 0.3 is 11.9 Å². The number of para-hydroxylation sites is 1. The maximum absolute atomic E-state index is 15.2. The first-order valence-corrected chi connectivity index (χ1v) is 48.3. The number of aliphatic hydroxyl groups is 2. The van der Waals surface area contributed by atoms with E-state index in [4.69, 9.17) is 58.2 Å². The molecule has 44 heteroatoms. The Bertz CT molecular complexity index is 4580. The number of carbonyl (C=O) groups is 18. The molecule has 1 fully saturated rings. The van der Waals surface area contributed by atoms with Crippen molar-refractivity contribution in [3.05, 3.63) is 71.9 Å². The molecule has 2 aromatic carbocycles. The van der Waals surface area contributed by atoms with Crippen molar-refractivity contribution in [2.75, 3.05) is 77.9 Å². The number of nitrogens with zero attached hydrogens (tertiary/aromatic N) is 1. The third kappa shape index (κ3) is 44.6. The summed E-state index contributed by atoms with van der Waals surface area (Å²) in [6.07, 6.45) is -2.79. The quantitative estimate of drug-likeness (QED) is 0.0166. The number of imide groups is 1. The Balaban J connectivity index is 1.51. The number of hydroxylamine groups is 2. The molecule has 9 amide bonds. The summed E-state index contributed by atoms with van der Waals surface area (Å²) in [7, 11) is 0. The molecule has 0 saturated carbocycles. The van der Waals surface area contributed by atoms with Crippen LogP contribution in [0.4, 0.5) is 0 Å². The third-order valence-corrected chi connectivity index (χ3v) is 24.2. The molecule has 0 aliphatic carbocycles. The van der Waals surface area contributed by atoms with Crippen LogP contribution < -0.4 is 70.8 Å². The van der Waals surface area contributed by atoms with E-state index in [9.17, 15) is 87.2 Å². The number of carbonyl (C=O) groups excluding carboxylic acids is 17. The highest BCUT2D eigenvalue weighted by Crippen LogP contribution is 2.28. The zero-order chi connectivity index (χ0) is 103. The van der Waals surface area contributed by atoms with E-state index in [-0.39, 0.29) is 192 Å². The fourth-order valence-corrected chi connectivity index (χ4v) is 16.0. The van der Waals surface area contributed by atoms with Crippen LogP contribution in [0.5, 0.6) is 0 Å². The average molecular weight is 1960 g/mol. The Labute approximate surface area is 808 Å². The van der Waals surface area contributed by atoms with E-state index in [1.54, 1.807) is 94.7 Å². The largest absolute Gasteiger partial charge is 0.481 e. The minimum Gasteiger partial charge on any atom is -0.481 e. The number of primary amides is 1. The number of guanidine groups is 3. The summed E-state index contributed by atoms with van der Waals surface area (Å²) in [4.78, 5) is 256. The van der Waals surface area contributed by atoms with Crippen molar-refractivity contribution in [1.29, 1.82) is 16.2 Å². The van der Waals surface area contributed by atoms with Crippen LogP contribution in [0.3, 0.4) is 0 Å². The van der Waals surface area contributed by atoms with Gasteiger partial charge < -0.3 is 110 Å². The topological polar surface area (TPSA) is 708 Å². The summed E-state index contributed by atoms with van der Waals surface area (Å²) in [6.45, 7) is 11.1. The number of ether oxygens (including phenoxy) is 3. The number of carboxylic acids is 1. The number of rotatable bonds is 74. The first kappa shape index (κ1) is 118. The number of fused-ring (bicyclic) bond motifs is 1. The van der Waals surface area contributed by atoms with E-state index in [0.29, 0.717) is 32.8 Å². The first-order valence-electron chi connectivity index (χ1n) is 46.9. The van der Waals surface area contributed by atoms with Crippen LogP contribution in [0.1, 0.15) is 201 Å². The summed E-state index contributed by atoms with van der Waals surface area (Å²) in [5.74, 6) is -24.0. The molecule has 4 rings (SSSR count). The Hall–Kier alpha value is -12.0. The van der Waals surface area contributed by atoms with Crippen molar-refractivity contribution in [3.63, 3.8) is 0 Å². The Morgan fingerprint density at radius 1 is 0.500 bits per heavy atom. The van der Waals surface area contributed by atoms with Gasteiger partial charge in [-0.3, -0.25) is 97.7 Å². The second kappa shape index (κ2) is 63.5. The van der Waals surface area contributed by atoms with E-state index >= 15 is 14.4 Å². The van der Waals surface area contributed by atoms with Crippen LogP contribution in [0.15, 0.2) is 60.8 Å². The SMILES string of the molecule is CC[C@H](C)[C@H](CC(=O)[C@@H](NC(=O)[C@@H](CC(=O)[C@H](CCCNC(=N)N)NC(=O)[C@@H](CC(=O)[C@H](CC(C)C)NC(=O)[C@H](CCSC)CC(=O)[C@H](CCCNC(=N)N)NC(=O)CCC(=O)CCOCCOCCOCCC(=O)ON1C(=O)CCC1=O)Cc1ccccc1)C(C)C)[C@@H](C)O)C(=O)N[C@@H](CC(=O)O)C(=O)C[C@@H](CO)C(=O)N[C@@H](Cc1c[nH]c2ccccc12)C(=O)C[C@@H](CCCNC(=N)N)C(N)=O. The zero-order valence-corrected chi connectivity index (χ0v) is 81.1. The molecule has 3 aromatic rings. The summed E-state index contributed by atoms with van der Waals surface area (Å²) in [6, 6.07) is 6.91. The number of aromatic nitrogens is 1. The van der Waals surface area contributed by atoms with Crippen molar-refractivity contribution in [2.24, 2.45) is 76.2 Å². The van der Waals surface area contributed by atoms with Crippen molar-refractivity contribution >= 4 is 146 Å². The number of aromatic amines is 1. The molecule has 43 nitrogen and oxygen atoms in total. The number of H-pyrrole nitrogens is 1. The van der Waals surface area contributed by atoms with E-state index < -0.39 is 247 Å². The number of hydrogen-bond donors (Lipinski definition) is 20. The lowest BCUT2D eigenvalue weighted by atomic mass is 9.83. The molecular formula is C94H144N18O25S. The van der Waals surface area contributed by atoms with Crippen LogP contribution in [-0.4, -0.2) is 269 Å². The highest BCUT2D eigenvalue weighted by Gasteiger charge is 2.42. The number of aliphatic hydroxyl groups excluding tert-OH is 2. The molecule has 0 bridgehead atoms. The number of nitrogens with one attached hydrogen (secondary N) is 13. The number of nitrogens with two attached hydrogens (primary N) is 4. The van der Waals surface area contributed by atoms with E-state index in [0.717, 1.165) is 0 Å². The number of hydrogen-bond acceptors (Lipinski definition) is 28. The molecule has 1 saturated heterocycles. The van der Waals surface area contributed by atoms with Gasteiger partial charge in [0.05, 0.1) is 101 Å². The number of amides is 9. The predicted molar refractivity (Wildman–Crippen MR) is 510 cm³/mol. The molecule has 0 unspecified atom stereocenters. The van der Waals surface area contributed by atoms with Gasteiger partial charge in [-0.25, -0.2) is 4.79 Å². The van der Waals surface area contributed by atoms with Gasteiger partial charge in [0.25, 0.3) is 11.8 Å². The van der Waals surface area contributed by atoms with Gasteiger partial charge in [0.15, 0.2) is 52.6 Å². The second-order valence-electron chi connectivity index (χ2n) is 35.5. The van der Waals surface area contributed by atoms with Gasteiger partial charge in [-0.05, 0) is 112 Å². The third-order valence-electron chi connectivity index (χ3n) is 23.6. The fourth-order valence-electron chi connectivity index (χ4n) is 15.4. The monoisotopic (exact) mass is 1960 g/mol. The molecule has 0 radical (unpaired) electrons. The van der Waals surface area contributed by atoms with Crippen LogP contribution in [-0.2, 0) is 118 Å². The lowest BCUT2D eigenvalue weighted by Crippen LogP contribution is -2.53. The molecular weight excluding hydrogens is 1810 g/mol. The van der Waals surface area contributed by atoms with Crippen molar-refractivity contribution in [1.82, 2.24) is 57.9 Å². The second-order valence-corrected chi connectivity index (χ2v) is 36.4. The highest BCUT2D eigenvalue weighted by atomic mass is 32.2. The van der Waals surface area contributed by atoms with Crippen molar-refractivity contribution < 1.29 is 121 Å². The molecule has 1 aliphatic rings. The molecule has 24 N–H and O–H groups in total.